The summed E-state index contributed by atoms with van der Waals surface area (Å²) in [5.41, 5.74) is 6.77. The molecule has 0 radical (unpaired) electrons. The molecule has 17 heavy (non-hydrogen) atoms. The van der Waals surface area contributed by atoms with Crippen LogP contribution >= 0.6 is 11.6 Å². The van der Waals surface area contributed by atoms with Crippen LogP contribution < -0.4 is 11.1 Å². The lowest BCUT2D eigenvalue weighted by Crippen LogP contribution is -2.21. The monoisotopic (exact) mass is 258 g/mol. The topological polar surface area (TPSA) is 47.3 Å². The summed E-state index contributed by atoms with van der Waals surface area (Å²) in [5.74, 6) is -0.0366. The Morgan fingerprint density at radius 1 is 1.59 bits per heavy atom. The largest absolute Gasteiger partial charge is 0.397 e. The van der Waals surface area contributed by atoms with Gasteiger partial charge in [0.1, 0.15) is 5.82 Å². The van der Waals surface area contributed by atoms with E-state index in [0.29, 0.717) is 17.3 Å². The Bertz CT molecular complexity index is 414. The minimum absolute atomic E-state index is 0.0809. The van der Waals surface area contributed by atoms with E-state index in [2.05, 4.69) is 12.2 Å². The van der Waals surface area contributed by atoms with Crippen LogP contribution in [0.3, 0.4) is 0 Å². The number of nitrogens with one attached hydrogen (secondary N) is 1. The molecule has 1 aliphatic rings. The SMILES string of the molecule is CC1OCCC1CNc1cc(Cl)c(F)cc1N. The maximum absolute atomic E-state index is 13.1. The molecule has 3 nitrogen and oxygen atoms in total. The zero-order valence-electron chi connectivity index (χ0n) is 9.67. The van der Waals surface area contributed by atoms with E-state index in [1.165, 1.54) is 12.1 Å². The minimum atomic E-state index is -0.493. The Hall–Kier alpha value is -1.00. The van der Waals surface area contributed by atoms with Crippen LogP contribution in [0.1, 0.15) is 13.3 Å². The third-order valence-corrected chi connectivity index (χ3v) is 3.47. The van der Waals surface area contributed by atoms with Crippen molar-refractivity contribution in [3.63, 3.8) is 0 Å². The predicted octanol–water partition coefficient (Wildman–Crippen LogP) is 2.90. The maximum atomic E-state index is 13.1. The lowest BCUT2D eigenvalue weighted by Gasteiger charge is -2.17. The summed E-state index contributed by atoms with van der Waals surface area (Å²) in [6.07, 6.45) is 1.28. The Morgan fingerprint density at radius 2 is 2.35 bits per heavy atom. The second kappa shape index (κ2) is 5.10. The number of ether oxygens (including phenoxy) is 1. The van der Waals surface area contributed by atoms with E-state index < -0.39 is 5.82 Å². The molecule has 2 atom stereocenters. The molecule has 0 saturated carbocycles. The van der Waals surface area contributed by atoms with E-state index in [1.54, 1.807) is 0 Å². The summed E-state index contributed by atoms with van der Waals surface area (Å²) in [4.78, 5) is 0. The van der Waals surface area contributed by atoms with Gasteiger partial charge in [-0.05, 0) is 19.4 Å². The summed E-state index contributed by atoms with van der Waals surface area (Å²) in [7, 11) is 0. The first-order valence-electron chi connectivity index (χ1n) is 5.68. The molecule has 0 aromatic heterocycles. The second-order valence-electron chi connectivity index (χ2n) is 4.36. The molecular weight excluding hydrogens is 243 g/mol. The molecule has 1 fully saturated rings. The summed E-state index contributed by atoms with van der Waals surface area (Å²) >= 11 is 5.71. The smallest absolute Gasteiger partial charge is 0.143 e. The quantitative estimate of drug-likeness (QED) is 0.820. The maximum Gasteiger partial charge on any atom is 0.143 e. The fraction of sp³-hybridized carbons (Fsp3) is 0.500. The lowest BCUT2D eigenvalue weighted by atomic mass is 10.0. The Balaban J connectivity index is 2.01. The zero-order valence-corrected chi connectivity index (χ0v) is 10.4. The molecule has 0 bridgehead atoms. The minimum Gasteiger partial charge on any atom is -0.397 e. The van der Waals surface area contributed by atoms with Crippen molar-refractivity contribution in [1.82, 2.24) is 0 Å². The van der Waals surface area contributed by atoms with Gasteiger partial charge in [-0.3, -0.25) is 0 Å². The van der Waals surface area contributed by atoms with Crippen LogP contribution in [0.25, 0.3) is 0 Å². The van der Waals surface area contributed by atoms with Crippen LogP contribution in [0.2, 0.25) is 5.02 Å². The van der Waals surface area contributed by atoms with E-state index in [-0.39, 0.29) is 11.1 Å². The van der Waals surface area contributed by atoms with Crippen LogP contribution in [0.5, 0.6) is 0 Å². The van der Waals surface area contributed by atoms with Gasteiger partial charge in [0.05, 0.1) is 22.5 Å². The standard InChI is InChI=1S/C12H16ClFN2O/c1-7-8(2-3-17-7)6-16-12-4-9(13)10(14)5-11(12)15/h4-5,7-8,16H,2-3,6,15H2,1H3. The fourth-order valence-electron chi connectivity index (χ4n) is 2.00. The van der Waals surface area contributed by atoms with E-state index >= 15 is 0 Å². The molecule has 3 N–H and O–H groups in total. The van der Waals surface area contributed by atoms with Crippen LogP contribution in [0.15, 0.2) is 12.1 Å². The van der Waals surface area contributed by atoms with Crippen molar-refractivity contribution >= 4 is 23.0 Å². The van der Waals surface area contributed by atoms with Gasteiger partial charge in [-0.15, -0.1) is 0 Å². The summed E-state index contributed by atoms with van der Waals surface area (Å²) in [6, 6.07) is 2.76. The average molecular weight is 259 g/mol. The van der Waals surface area contributed by atoms with Crippen LogP contribution in [0, 0.1) is 11.7 Å². The van der Waals surface area contributed by atoms with Crippen molar-refractivity contribution in [3.8, 4) is 0 Å². The number of rotatable bonds is 3. The Labute approximate surface area is 105 Å². The first-order chi connectivity index (χ1) is 8.08. The van der Waals surface area contributed by atoms with E-state index in [4.69, 9.17) is 22.1 Å². The third kappa shape index (κ3) is 2.82. The molecule has 94 valence electrons. The van der Waals surface area contributed by atoms with Crippen molar-refractivity contribution < 1.29 is 9.13 Å². The predicted molar refractivity (Wildman–Crippen MR) is 67.8 cm³/mol. The highest BCUT2D eigenvalue weighted by molar-refractivity contribution is 6.31. The number of anilines is 2. The highest BCUT2D eigenvalue weighted by Crippen LogP contribution is 2.27. The first-order valence-corrected chi connectivity index (χ1v) is 6.05. The molecule has 1 aromatic rings. The van der Waals surface area contributed by atoms with Crippen LogP contribution in [-0.4, -0.2) is 19.3 Å². The van der Waals surface area contributed by atoms with Crippen molar-refractivity contribution in [2.24, 2.45) is 5.92 Å². The molecule has 1 aromatic carbocycles. The van der Waals surface area contributed by atoms with Gasteiger partial charge < -0.3 is 15.8 Å². The molecule has 1 saturated heterocycles. The molecule has 2 unspecified atom stereocenters. The molecule has 1 heterocycles. The highest BCUT2D eigenvalue weighted by atomic mass is 35.5. The van der Waals surface area contributed by atoms with Gasteiger partial charge in [-0.2, -0.15) is 0 Å². The number of benzene rings is 1. The Morgan fingerprint density at radius 3 is 3.00 bits per heavy atom. The lowest BCUT2D eigenvalue weighted by molar-refractivity contribution is 0.108. The first kappa shape index (κ1) is 12.5. The van der Waals surface area contributed by atoms with Crippen LogP contribution in [-0.2, 0) is 4.74 Å². The molecule has 5 heteroatoms. The van der Waals surface area contributed by atoms with Gasteiger partial charge in [-0.25, -0.2) is 4.39 Å². The van der Waals surface area contributed by atoms with Gasteiger partial charge in [-0.1, -0.05) is 11.6 Å². The van der Waals surface area contributed by atoms with Gasteiger partial charge in [0.25, 0.3) is 0 Å². The van der Waals surface area contributed by atoms with E-state index in [9.17, 15) is 4.39 Å². The van der Waals surface area contributed by atoms with Gasteiger partial charge in [0.2, 0.25) is 0 Å². The van der Waals surface area contributed by atoms with Crippen molar-refractivity contribution in [2.75, 3.05) is 24.2 Å². The molecule has 1 aliphatic heterocycles. The summed E-state index contributed by atoms with van der Waals surface area (Å²) in [5, 5.41) is 3.28. The molecule has 0 amide bonds. The number of hydrogen-bond donors (Lipinski definition) is 2. The number of hydrogen-bond acceptors (Lipinski definition) is 3. The molecule has 0 spiro atoms. The molecule has 0 aliphatic carbocycles. The van der Waals surface area contributed by atoms with E-state index in [0.717, 1.165) is 19.6 Å². The Kier molecular flexibility index (Phi) is 3.74. The fourth-order valence-corrected chi connectivity index (χ4v) is 2.16. The van der Waals surface area contributed by atoms with Gasteiger partial charge >= 0.3 is 0 Å². The summed E-state index contributed by atoms with van der Waals surface area (Å²) < 4.78 is 18.6. The van der Waals surface area contributed by atoms with Crippen molar-refractivity contribution in [2.45, 2.75) is 19.4 Å². The number of halogens is 2. The highest BCUT2D eigenvalue weighted by Gasteiger charge is 2.23. The van der Waals surface area contributed by atoms with Gasteiger partial charge in [0.15, 0.2) is 0 Å². The average Bonchev–Trinajstić information content (AvgIpc) is 2.68. The number of nitrogen functional groups attached to an aromatic ring is 1. The number of nitrogens with two attached hydrogens (primary N) is 1. The normalized spacial score (nSPS) is 23.9. The van der Waals surface area contributed by atoms with Gasteiger partial charge in [0, 0.05) is 25.1 Å². The zero-order chi connectivity index (χ0) is 12.4. The third-order valence-electron chi connectivity index (χ3n) is 3.18. The summed E-state index contributed by atoms with van der Waals surface area (Å²) in [6.45, 7) is 3.61. The van der Waals surface area contributed by atoms with E-state index in [1.807, 2.05) is 0 Å². The van der Waals surface area contributed by atoms with Crippen molar-refractivity contribution in [3.05, 3.63) is 23.0 Å². The second-order valence-corrected chi connectivity index (χ2v) is 4.77. The molecular formula is C12H16ClFN2O. The van der Waals surface area contributed by atoms with Crippen LogP contribution in [0.4, 0.5) is 15.8 Å². The molecule has 2 rings (SSSR count). The van der Waals surface area contributed by atoms with Crippen molar-refractivity contribution in [1.29, 1.82) is 0 Å².